The molecule has 0 aliphatic carbocycles. The summed E-state index contributed by atoms with van der Waals surface area (Å²) in [6.07, 6.45) is 5.80. The topological polar surface area (TPSA) is 12.4 Å². The Morgan fingerprint density at radius 2 is 2.25 bits per heavy atom. The van der Waals surface area contributed by atoms with Crippen molar-refractivity contribution in [2.24, 2.45) is 4.99 Å². The fourth-order valence-electron chi connectivity index (χ4n) is 1.00. The van der Waals surface area contributed by atoms with Crippen molar-refractivity contribution >= 4 is 6.21 Å². The second kappa shape index (κ2) is 1.88. The summed E-state index contributed by atoms with van der Waals surface area (Å²) in [5, 5.41) is 0. The van der Waals surface area contributed by atoms with Gasteiger partial charge in [-0.2, -0.15) is 0 Å². The number of nitrogens with zero attached hydrogens (tertiary/aromatic N) is 1. The third-order valence-electron chi connectivity index (χ3n) is 1.56. The van der Waals surface area contributed by atoms with Gasteiger partial charge in [0, 0.05) is 0 Å². The molecule has 0 atom stereocenters. The lowest BCUT2D eigenvalue weighted by Gasteiger charge is -2.22. The summed E-state index contributed by atoms with van der Waals surface area (Å²) in [5.41, 5.74) is 0.248. The van der Waals surface area contributed by atoms with Crippen LogP contribution in [0.3, 0.4) is 0 Å². The van der Waals surface area contributed by atoms with Crippen LogP contribution in [0.4, 0.5) is 0 Å². The van der Waals surface area contributed by atoms with Gasteiger partial charge < -0.3 is 0 Å². The average Bonchev–Trinajstić information content (AvgIpc) is 1.65. The van der Waals surface area contributed by atoms with Crippen LogP contribution < -0.4 is 0 Å². The van der Waals surface area contributed by atoms with Gasteiger partial charge in [0.15, 0.2) is 0 Å². The molecule has 0 aromatic rings. The average molecular weight is 111 g/mol. The molecule has 0 aromatic heterocycles. The number of aliphatic imine (C=N–C) groups is 1. The summed E-state index contributed by atoms with van der Waals surface area (Å²) in [4.78, 5) is 4.34. The maximum absolute atomic E-state index is 4.34. The minimum Gasteiger partial charge on any atom is -0.291 e. The van der Waals surface area contributed by atoms with Crippen LogP contribution in [-0.2, 0) is 0 Å². The van der Waals surface area contributed by atoms with Crippen molar-refractivity contribution in [3.05, 3.63) is 0 Å². The quantitative estimate of drug-likeness (QED) is 0.453. The molecular weight excluding hydrogens is 98.1 g/mol. The van der Waals surface area contributed by atoms with Gasteiger partial charge in [0.1, 0.15) is 0 Å². The molecule has 0 unspecified atom stereocenters. The van der Waals surface area contributed by atoms with Gasteiger partial charge in [0.25, 0.3) is 0 Å². The van der Waals surface area contributed by atoms with Crippen LogP contribution in [0.5, 0.6) is 0 Å². The molecule has 1 aliphatic heterocycles. The van der Waals surface area contributed by atoms with Gasteiger partial charge in [-0.3, -0.25) is 4.99 Å². The standard InChI is InChI=1S/C7H13N/c1-7(2)5-3-4-6-8-7/h6H,3-5H2,1-2H3. The molecule has 0 saturated carbocycles. The highest BCUT2D eigenvalue weighted by Gasteiger charge is 2.16. The van der Waals surface area contributed by atoms with Gasteiger partial charge in [0.2, 0.25) is 0 Å². The summed E-state index contributed by atoms with van der Waals surface area (Å²) < 4.78 is 0. The smallest absolute Gasteiger partial charge is 0.0548 e. The molecule has 1 heterocycles. The van der Waals surface area contributed by atoms with Gasteiger partial charge >= 0.3 is 0 Å². The van der Waals surface area contributed by atoms with Crippen LogP contribution in [-0.4, -0.2) is 11.8 Å². The fourth-order valence-corrected chi connectivity index (χ4v) is 1.00. The van der Waals surface area contributed by atoms with E-state index in [1.165, 1.54) is 19.3 Å². The SMILES string of the molecule is CC1(C)CCCC=N1. The van der Waals surface area contributed by atoms with Crippen LogP contribution in [0, 0.1) is 0 Å². The first-order valence-corrected chi connectivity index (χ1v) is 3.24. The molecule has 46 valence electrons. The van der Waals surface area contributed by atoms with E-state index in [9.17, 15) is 0 Å². The molecule has 1 nitrogen and oxygen atoms in total. The summed E-state index contributed by atoms with van der Waals surface area (Å²) in [6, 6.07) is 0. The molecule has 0 amide bonds. The van der Waals surface area contributed by atoms with Crippen LogP contribution in [0.25, 0.3) is 0 Å². The highest BCUT2D eigenvalue weighted by atomic mass is 14.8. The van der Waals surface area contributed by atoms with E-state index in [4.69, 9.17) is 0 Å². The molecule has 0 saturated heterocycles. The molecule has 1 rings (SSSR count). The maximum atomic E-state index is 4.34. The normalized spacial score (nSPS) is 25.8. The first-order valence-electron chi connectivity index (χ1n) is 3.24. The van der Waals surface area contributed by atoms with Crippen LogP contribution >= 0.6 is 0 Å². The molecule has 0 N–H and O–H groups in total. The Labute approximate surface area is 50.8 Å². The molecule has 0 spiro atoms. The zero-order valence-corrected chi connectivity index (χ0v) is 5.65. The van der Waals surface area contributed by atoms with E-state index in [-0.39, 0.29) is 5.54 Å². The third-order valence-corrected chi connectivity index (χ3v) is 1.56. The predicted octanol–water partition coefficient (Wildman–Crippen LogP) is 2.02. The van der Waals surface area contributed by atoms with E-state index in [1.807, 2.05) is 6.21 Å². The number of hydrogen-bond acceptors (Lipinski definition) is 1. The second-order valence-electron chi connectivity index (χ2n) is 3.02. The highest BCUT2D eigenvalue weighted by molar-refractivity contribution is 5.58. The Kier molecular flexibility index (Phi) is 1.37. The van der Waals surface area contributed by atoms with Crippen LogP contribution in [0.15, 0.2) is 4.99 Å². The first kappa shape index (κ1) is 5.80. The maximum Gasteiger partial charge on any atom is 0.0548 e. The van der Waals surface area contributed by atoms with Gasteiger partial charge in [-0.1, -0.05) is 0 Å². The van der Waals surface area contributed by atoms with Crippen molar-refractivity contribution in [2.75, 3.05) is 0 Å². The second-order valence-corrected chi connectivity index (χ2v) is 3.02. The van der Waals surface area contributed by atoms with Crippen LogP contribution in [0.2, 0.25) is 0 Å². The van der Waals surface area contributed by atoms with Crippen molar-refractivity contribution in [2.45, 2.75) is 38.6 Å². The summed E-state index contributed by atoms with van der Waals surface area (Å²) in [6.45, 7) is 4.37. The van der Waals surface area contributed by atoms with E-state index < -0.39 is 0 Å². The third kappa shape index (κ3) is 1.32. The largest absolute Gasteiger partial charge is 0.291 e. The Bertz CT molecular complexity index is 103. The van der Waals surface area contributed by atoms with Crippen molar-refractivity contribution in [3.8, 4) is 0 Å². The molecule has 1 aliphatic rings. The summed E-state index contributed by atoms with van der Waals surface area (Å²) in [5.74, 6) is 0. The zero-order valence-electron chi connectivity index (χ0n) is 5.65. The fraction of sp³-hybridized carbons (Fsp3) is 0.857. The molecule has 0 fully saturated rings. The number of rotatable bonds is 0. The minimum atomic E-state index is 0.248. The van der Waals surface area contributed by atoms with Crippen molar-refractivity contribution in [1.82, 2.24) is 0 Å². The lowest BCUT2D eigenvalue weighted by atomic mass is 9.96. The molecule has 0 aromatic carbocycles. The minimum absolute atomic E-state index is 0.248. The van der Waals surface area contributed by atoms with E-state index in [1.54, 1.807) is 0 Å². The van der Waals surface area contributed by atoms with Gasteiger partial charge in [-0.25, -0.2) is 0 Å². The van der Waals surface area contributed by atoms with Crippen LogP contribution in [0.1, 0.15) is 33.1 Å². The monoisotopic (exact) mass is 111 g/mol. The molecule has 0 radical (unpaired) electrons. The van der Waals surface area contributed by atoms with Gasteiger partial charge in [-0.05, 0) is 39.3 Å². The van der Waals surface area contributed by atoms with Gasteiger partial charge in [-0.15, -0.1) is 0 Å². The van der Waals surface area contributed by atoms with Gasteiger partial charge in [0.05, 0.1) is 5.54 Å². The predicted molar refractivity (Wildman–Crippen MR) is 36.4 cm³/mol. The van der Waals surface area contributed by atoms with E-state index in [0.717, 1.165) is 0 Å². The van der Waals surface area contributed by atoms with Crippen molar-refractivity contribution in [3.63, 3.8) is 0 Å². The first-order chi connectivity index (χ1) is 3.71. The highest BCUT2D eigenvalue weighted by Crippen LogP contribution is 2.20. The summed E-state index contributed by atoms with van der Waals surface area (Å²) >= 11 is 0. The molecular formula is C7H13N. The zero-order chi connectivity index (χ0) is 6.04. The van der Waals surface area contributed by atoms with E-state index >= 15 is 0 Å². The molecule has 0 bridgehead atoms. The Hall–Kier alpha value is -0.330. The van der Waals surface area contributed by atoms with E-state index in [2.05, 4.69) is 18.8 Å². The Morgan fingerprint density at radius 1 is 1.50 bits per heavy atom. The summed E-state index contributed by atoms with van der Waals surface area (Å²) in [7, 11) is 0. The molecule has 1 heteroatoms. The number of hydrogen-bond donors (Lipinski definition) is 0. The van der Waals surface area contributed by atoms with Crippen molar-refractivity contribution in [1.29, 1.82) is 0 Å². The lowest BCUT2D eigenvalue weighted by Crippen LogP contribution is -2.19. The van der Waals surface area contributed by atoms with E-state index in [0.29, 0.717) is 0 Å². The Morgan fingerprint density at radius 3 is 2.50 bits per heavy atom. The molecule has 8 heavy (non-hydrogen) atoms. The Balaban J connectivity index is 2.56. The van der Waals surface area contributed by atoms with Crippen molar-refractivity contribution < 1.29 is 0 Å². The lowest BCUT2D eigenvalue weighted by molar-refractivity contribution is 0.452.